The van der Waals surface area contributed by atoms with Gasteiger partial charge >= 0.3 is 6.18 Å². The van der Waals surface area contributed by atoms with Crippen molar-refractivity contribution < 1.29 is 27.5 Å². The summed E-state index contributed by atoms with van der Waals surface area (Å²) >= 11 is 6.00. The SMILES string of the molecule is CCN(CNC(=O)C(C)(CCNC(=O)C1(c2ccc(Cl)cc2)CC1)Oc1ccc(C(F)(F)F)cc1)c1ccccn1. The zero-order valence-corrected chi connectivity index (χ0v) is 23.6. The summed E-state index contributed by atoms with van der Waals surface area (Å²) < 4.78 is 45.2. The topological polar surface area (TPSA) is 83.6 Å². The Labute approximate surface area is 242 Å². The predicted molar refractivity (Wildman–Crippen MR) is 151 cm³/mol. The third kappa shape index (κ3) is 7.30. The molecule has 0 radical (unpaired) electrons. The fourth-order valence-electron chi connectivity index (χ4n) is 4.56. The molecule has 1 saturated carbocycles. The first-order valence-corrected chi connectivity index (χ1v) is 13.7. The van der Waals surface area contributed by atoms with E-state index in [4.69, 9.17) is 16.3 Å². The quantitative estimate of drug-likeness (QED) is 0.264. The molecule has 2 amide bonds. The van der Waals surface area contributed by atoms with Gasteiger partial charge in [-0.3, -0.25) is 9.59 Å². The van der Waals surface area contributed by atoms with Crippen LogP contribution in [-0.2, 0) is 21.2 Å². The highest BCUT2D eigenvalue weighted by atomic mass is 35.5. The van der Waals surface area contributed by atoms with Gasteiger partial charge in [-0.05, 0) is 80.8 Å². The van der Waals surface area contributed by atoms with Gasteiger partial charge in [0.2, 0.25) is 5.91 Å². The molecular weight excluding hydrogens is 557 g/mol. The highest BCUT2D eigenvalue weighted by Gasteiger charge is 2.51. The van der Waals surface area contributed by atoms with Gasteiger partial charge in [-0.1, -0.05) is 29.8 Å². The number of anilines is 1. The van der Waals surface area contributed by atoms with Crippen LogP contribution in [0, 0.1) is 0 Å². The predicted octanol–water partition coefficient (Wildman–Crippen LogP) is 5.73. The fourth-order valence-corrected chi connectivity index (χ4v) is 4.68. The van der Waals surface area contributed by atoms with Crippen LogP contribution < -0.4 is 20.3 Å². The van der Waals surface area contributed by atoms with E-state index in [0.717, 1.165) is 17.7 Å². The van der Waals surface area contributed by atoms with Crippen molar-refractivity contribution in [2.45, 2.75) is 50.3 Å². The van der Waals surface area contributed by atoms with E-state index in [1.807, 2.05) is 36.1 Å². The lowest BCUT2D eigenvalue weighted by atomic mass is 9.94. The Morgan fingerprint density at radius 2 is 1.71 bits per heavy atom. The maximum atomic E-state index is 13.5. The van der Waals surface area contributed by atoms with E-state index in [1.54, 1.807) is 31.3 Å². The summed E-state index contributed by atoms with van der Waals surface area (Å²) in [6.45, 7) is 4.27. The van der Waals surface area contributed by atoms with Crippen molar-refractivity contribution in [2.24, 2.45) is 0 Å². The molecule has 1 heterocycles. The molecule has 2 N–H and O–H groups in total. The van der Waals surface area contributed by atoms with Gasteiger partial charge in [0.05, 0.1) is 17.6 Å². The van der Waals surface area contributed by atoms with Crippen molar-refractivity contribution >= 4 is 29.2 Å². The minimum Gasteiger partial charge on any atom is -0.478 e. The first-order valence-electron chi connectivity index (χ1n) is 13.3. The molecule has 0 spiro atoms. The maximum absolute atomic E-state index is 13.5. The zero-order valence-electron chi connectivity index (χ0n) is 22.8. The number of carbonyl (C=O) groups excluding carboxylic acids is 2. The summed E-state index contributed by atoms with van der Waals surface area (Å²) in [6, 6.07) is 16.8. The van der Waals surface area contributed by atoms with Crippen LogP contribution in [0.5, 0.6) is 5.75 Å². The number of nitrogens with one attached hydrogen (secondary N) is 2. The molecule has 7 nitrogen and oxygen atoms in total. The van der Waals surface area contributed by atoms with Gasteiger partial charge in [-0.25, -0.2) is 4.98 Å². The Morgan fingerprint density at radius 1 is 1.02 bits per heavy atom. The third-order valence-electron chi connectivity index (χ3n) is 7.26. The fraction of sp³-hybridized carbons (Fsp3) is 0.367. The number of rotatable bonds is 12. The minimum atomic E-state index is -4.50. The number of aromatic nitrogens is 1. The van der Waals surface area contributed by atoms with Gasteiger partial charge < -0.3 is 20.3 Å². The number of alkyl halides is 3. The largest absolute Gasteiger partial charge is 0.478 e. The monoisotopic (exact) mass is 588 g/mol. The lowest BCUT2D eigenvalue weighted by molar-refractivity contribution is -0.138. The van der Waals surface area contributed by atoms with Gasteiger partial charge in [0, 0.05) is 30.7 Å². The average molecular weight is 589 g/mol. The van der Waals surface area contributed by atoms with Crippen LogP contribution in [0.15, 0.2) is 72.9 Å². The smallest absolute Gasteiger partial charge is 0.416 e. The van der Waals surface area contributed by atoms with E-state index in [-0.39, 0.29) is 31.3 Å². The van der Waals surface area contributed by atoms with Gasteiger partial charge in [0.25, 0.3) is 5.91 Å². The average Bonchev–Trinajstić information content (AvgIpc) is 3.76. The Balaban J connectivity index is 1.46. The van der Waals surface area contributed by atoms with Crippen LogP contribution in [-0.4, -0.2) is 42.2 Å². The molecule has 3 aromatic rings. The molecule has 0 saturated heterocycles. The second kappa shape index (κ2) is 12.4. The highest BCUT2D eigenvalue weighted by Crippen LogP contribution is 2.48. The molecule has 2 aromatic carbocycles. The van der Waals surface area contributed by atoms with Crippen LogP contribution in [0.3, 0.4) is 0 Å². The van der Waals surface area contributed by atoms with Crippen molar-refractivity contribution in [3.05, 3.63) is 89.1 Å². The molecular formula is C30H32ClF3N4O3. The van der Waals surface area contributed by atoms with Crippen molar-refractivity contribution in [3.63, 3.8) is 0 Å². The first kappa shape index (κ1) is 30.2. The number of hydrogen-bond donors (Lipinski definition) is 2. The maximum Gasteiger partial charge on any atom is 0.416 e. The number of hydrogen-bond acceptors (Lipinski definition) is 5. The summed E-state index contributed by atoms with van der Waals surface area (Å²) in [4.78, 5) is 32.8. The number of ether oxygens (including phenoxy) is 1. The molecule has 4 rings (SSSR count). The number of nitrogens with zero attached hydrogens (tertiary/aromatic N) is 2. The van der Waals surface area contributed by atoms with Crippen molar-refractivity contribution in [1.82, 2.24) is 15.6 Å². The van der Waals surface area contributed by atoms with Gasteiger partial charge in [-0.2, -0.15) is 13.2 Å². The van der Waals surface area contributed by atoms with E-state index < -0.39 is 28.7 Å². The summed E-state index contributed by atoms with van der Waals surface area (Å²) in [5, 5.41) is 6.36. The summed E-state index contributed by atoms with van der Waals surface area (Å²) in [5.74, 6) is 0.119. The Kier molecular flexibility index (Phi) is 9.11. The molecule has 1 fully saturated rings. The van der Waals surface area contributed by atoms with E-state index >= 15 is 0 Å². The molecule has 1 aliphatic carbocycles. The number of halogens is 4. The molecule has 1 atom stereocenters. The summed E-state index contributed by atoms with van der Waals surface area (Å²) in [7, 11) is 0. The van der Waals surface area contributed by atoms with E-state index in [9.17, 15) is 22.8 Å². The van der Waals surface area contributed by atoms with E-state index in [1.165, 1.54) is 12.1 Å². The zero-order chi connectivity index (χ0) is 29.7. The van der Waals surface area contributed by atoms with Crippen molar-refractivity contribution in [1.29, 1.82) is 0 Å². The van der Waals surface area contributed by atoms with E-state index in [0.29, 0.717) is 30.2 Å². The van der Waals surface area contributed by atoms with Crippen LogP contribution in [0.25, 0.3) is 0 Å². The number of benzene rings is 2. The van der Waals surface area contributed by atoms with Crippen LogP contribution in [0.2, 0.25) is 5.02 Å². The standard InChI is InChI=1S/C30H32ClF3N4O3/c1-3-38(25-6-4-5-18-35-25)20-37-26(39)28(2,41-24-13-9-22(10-14-24)30(32,33)34)17-19-36-27(40)29(15-16-29)21-7-11-23(31)12-8-21/h4-14,18H,3,15-17,19-20H2,1-2H3,(H,36,40)(H,37,39). The molecule has 218 valence electrons. The van der Waals surface area contributed by atoms with Crippen molar-refractivity contribution in [3.8, 4) is 5.75 Å². The van der Waals surface area contributed by atoms with Crippen molar-refractivity contribution in [2.75, 3.05) is 24.7 Å². The second-order valence-corrected chi connectivity index (χ2v) is 10.6. The third-order valence-corrected chi connectivity index (χ3v) is 7.51. The molecule has 11 heteroatoms. The lowest BCUT2D eigenvalue weighted by Gasteiger charge is -2.31. The minimum absolute atomic E-state index is 0.0675. The Hall–Kier alpha value is -3.79. The molecule has 0 aliphatic heterocycles. The van der Waals surface area contributed by atoms with Gasteiger partial charge in [0.1, 0.15) is 11.6 Å². The van der Waals surface area contributed by atoms with Crippen LogP contribution >= 0.6 is 11.6 Å². The summed E-state index contributed by atoms with van der Waals surface area (Å²) in [5.41, 5.74) is -2.10. The molecule has 1 aliphatic rings. The number of pyridine rings is 1. The van der Waals surface area contributed by atoms with Gasteiger partial charge in [-0.15, -0.1) is 0 Å². The number of carbonyl (C=O) groups is 2. The van der Waals surface area contributed by atoms with Gasteiger partial charge in [0.15, 0.2) is 5.60 Å². The first-order chi connectivity index (χ1) is 19.5. The molecule has 1 unspecified atom stereocenters. The highest BCUT2D eigenvalue weighted by molar-refractivity contribution is 6.30. The normalized spacial score (nSPS) is 15.4. The number of amides is 2. The molecule has 1 aromatic heterocycles. The van der Waals surface area contributed by atoms with E-state index in [2.05, 4.69) is 15.6 Å². The Morgan fingerprint density at radius 3 is 2.27 bits per heavy atom. The Bertz CT molecular complexity index is 1330. The van der Waals surface area contributed by atoms with Crippen LogP contribution in [0.4, 0.5) is 19.0 Å². The second-order valence-electron chi connectivity index (χ2n) is 10.2. The molecule has 41 heavy (non-hydrogen) atoms. The summed E-state index contributed by atoms with van der Waals surface area (Å²) in [6.07, 6.45) is -1.39. The molecule has 0 bridgehead atoms. The van der Waals surface area contributed by atoms with Crippen LogP contribution in [0.1, 0.15) is 44.2 Å². The lowest BCUT2D eigenvalue weighted by Crippen LogP contribution is -2.53.